The number of pyridine rings is 4. The Morgan fingerprint density at radius 1 is 0.627 bits per heavy atom. The first-order valence-corrected chi connectivity index (χ1v) is 20.4. The normalized spacial score (nSPS) is 23.2. The van der Waals surface area contributed by atoms with Gasteiger partial charge in [0.05, 0.1) is 51.2 Å². The molecule has 2 atom stereocenters. The van der Waals surface area contributed by atoms with Crippen LogP contribution in [0.3, 0.4) is 0 Å². The maximum atomic E-state index is 13.1. The molecule has 14 rings (SSSR count). The number of aromatic amines is 4. The molecule has 8 N–H and O–H groups in total. The van der Waals surface area contributed by atoms with Gasteiger partial charge in [-0.25, -0.2) is 9.97 Å². The quantitative estimate of drug-likeness (QED) is 0.123. The fourth-order valence-electron chi connectivity index (χ4n) is 9.34. The topological polar surface area (TPSA) is 214 Å². The van der Waals surface area contributed by atoms with Crippen LogP contribution in [0.5, 0.6) is 5.75 Å². The van der Waals surface area contributed by atoms with E-state index in [0.717, 1.165) is 57.7 Å². The van der Waals surface area contributed by atoms with Gasteiger partial charge in [0.2, 0.25) is 0 Å². The Kier molecular flexibility index (Phi) is 9.63. The highest BCUT2D eigenvalue weighted by molar-refractivity contribution is 5.99. The summed E-state index contributed by atoms with van der Waals surface area (Å²) < 4.78 is 0. The van der Waals surface area contributed by atoms with Crippen molar-refractivity contribution in [3.05, 3.63) is 106 Å². The monoisotopic (exact) mass is 790 g/mol. The lowest BCUT2D eigenvalue weighted by molar-refractivity contribution is 0.0896. The van der Waals surface area contributed by atoms with Gasteiger partial charge in [-0.2, -0.15) is 0 Å². The molecule has 300 valence electrons. The van der Waals surface area contributed by atoms with Crippen molar-refractivity contribution in [2.45, 2.75) is 37.8 Å². The van der Waals surface area contributed by atoms with Gasteiger partial charge in [-0.05, 0) is 100 Å². The molecule has 59 heavy (non-hydrogen) atoms. The summed E-state index contributed by atoms with van der Waals surface area (Å²) in [7, 11) is 0. The van der Waals surface area contributed by atoms with E-state index < -0.39 is 5.56 Å². The molecule has 6 aliphatic heterocycles. The Labute approximate surface area is 338 Å². The number of benzene rings is 2. The van der Waals surface area contributed by atoms with Crippen molar-refractivity contribution in [1.82, 2.24) is 49.7 Å². The zero-order valence-electron chi connectivity index (χ0n) is 32.5. The zero-order valence-corrected chi connectivity index (χ0v) is 32.5. The van der Waals surface area contributed by atoms with Crippen LogP contribution >= 0.6 is 0 Å². The van der Waals surface area contributed by atoms with Crippen molar-refractivity contribution >= 4 is 49.6 Å². The van der Waals surface area contributed by atoms with Gasteiger partial charge >= 0.3 is 0 Å². The van der Waals surface area contributed by atoms with Crippen LogP contribution in [0, 0.1) is 11.8 Å². The lowest BCUT2D eigenvalue weighted by atomic mass is 9.83. The van der Waals surface area contributed by atoms with Gasteiger partial charge in [-0.15, -0.1) is 0 Å². The number of nitrogens with two attached hydrogens (primary N) is 1. The Bertz CT molecular complexity index is 2850. The number of piperidine rings is 6. The number of nitrogens with one attached hydrogen (secondary N) is 5. The first kappa shape index (κ1) is 36.9. The van der Waals surface area contributed by atoms with E-state index >= 15 is 0 Å². The molecule has 0 saturated carbocycles. The van der Waals surface area contributed by atoms with Crippen LogP contribution in [0.4, 0.5) is 5.69 Å². The predicted molar refractivity (Wildman–Crippen MR) is 230 cm³/mol. The van der Waals surface area contributed by atoms with E-state index in [4.69, 9.17) is 10.7 Å². The van der Waals surface area contributed by atoms with Gasteiger partial charge < -0.3 is 45.9 Å². The average molecular weight is 791 g/mol. The number of rotatable bonds is 4. The summed E-state index contributed by atoms with van der Waals surface area (Å²) in [6.45, 7) is 7.14. The average Bonchev–Trinajstić information content (AvgIpc) is 3.90. The van der Waals surface area contributed by atoms with Gasteiger partial charge in [0, 0.05) is 48.3 Å². The summed E-state index contributed by atoms with van der Waals surface area (Å²) in [6, 6.07) is 19.7. The first-order chi connectivity index (χ1) is 28.9. The maximum absolute atomic E-state index is 13.1. The van der Waals surface area contributed by atoms with E-state index in [2.05, 4.69) is 50.0 Å². The van der Waals surface area contributed by atoms with Crippen LogP contribution < -0.4 is 22.2 Å². The number of hydrogen-bond donors (Lipinski definition) is 7. The molecule has 4 bridgehead atoms. The van der Waals surface area contributed by atoms with Crippen molar-refractivity contribution in [2.75, 3.05) is 44.6 Å². The number of imidazole rings is 2. The standard InChI is InChI=1S/C22H22N6O.C15H10N4O2.C7H14N2/c29-22-19(21-25-15-3-1-2-4-16(15)26-21)20(14-5-8-23-11-17(14)27-22)24-18-12-28-9-6-13(18)7-10-28;20-13-8-5-6-16-7-11(8)19-15(21)12(13)14-17-9-3-1-2-4-10(9)18-14;8-7-5-9-3-1-6(7)2-4-9/h1-5,8,11,13,18H,6-7,9-10,12H2,(H,25,26)(H2,24,27,29);1-7H,(H,17,18)(H2,19,20,21);6-7H,1-5,8H2. The fourth-order valence-corrected chi connectivity index (χ4v) is 9.34. The third-order valence-electron chi connectivity index (χ3n) is 12.5. The van der Waals surface area contributed by atoms with E-state index in [-0.39, 0.29) is 16.9 Å². The summed E-state index contributed by atoms with van der Waals surface area (Å²) in [5, 5.41) is 15.7. The van der Waals surface area contributed by atoms with Crippen molar-refractivity contribution < 1.29 is 5.11 Å². The van der Waals surface area contributed by atoms with Crippen LogP contribution in [0.1, 0.15) is 25.7 Å². The summed E-state index contributed by atoms with van der Waals surface area (Å²) >= 11 is 0. The SMILES string of the molecule is NC1CN2CCC1CC2.O=c1[nH]c2cnccc2c(NC2CN3CCC2CC3)c1-c1nc2ccccc2[nH]1.O=c1[nH]c2cnccc2c(O)c1-c1nc2ccccc2[nH]1. The molecule has 2 unspecified atom stereocenters. The molecule has 2 aromatic carbocycles. The van der Waals surface area contributed by atoms with Crippen LogP contribution in [0.2, 0.25) is 0 Å². The minimum absolute atomic E-state index is 0.102. The second kappa shape index (κ2) is 15.4. The molecule has 0 aliphatic carbocycles. The van der Waals surface area contributed by atoms with Crippen molar-refractivity contribution in [3.8, 4) is 28.5 Å². The van der Waals surface area contributed by atoms with Crippen LogP contribution in [0.15, 0.2) is 95.0 Å². The van der Waals surface area contributed by atoms with Crippen molar-refractivity contribution in [2.24, 2.45) is 17.6 Å². The molecule has 15 nitrogen and oxygen atoms in total. The molecule has 8 aromatic rings. The molecule has 0 spiro atoms. The van der Waals surface area contributed by atoms with Gasteiger partial charge in [-0.1, -0.05) is 24.3 Å². The largest absolute Gasteiger partial charge is 0.506 e. The number of anilines is 1. The van der Waals surface area contributed by atoms with Crippen LogP contribution in [0.25, 0.3) is 66.6 Å². The second-order valence-electron chi connectivity index (χ2n) is 16.1. The molecular formula is C44H46N12O3. The van der Waals surface area contributed by atoms with Gasteiger partial charge in [0.25, 0.3) is 11.1 Å². The number of aromatic nitrogens is 8. The van der Waals surface area contributed by atoms with Crippen LogP contribution in [-0.2, 0) is 0 Å². The van der Waals surface area contributed by atoms with Gasteiger partial charge in [0.15, 0.2) is 0 Å². The highest BCUT2D eigenvalue weighted by Gasteiger charge is 2.35. The Hall–Kier alpha value is -6.42. The number of nitrogens with zero attached hydrogens (tertiary/aromatic N) is 6. The third kappa shape index (κ3) is 7.11. The maximum Gasteiger partial charge on any atom is 0.263 e. The number of para-hydroxylation sites is 4. The first-order valence-electron chi connectivity index (χ1n) is 20.4. The summed E-state index contributed by atoms with van der Waals surface area (Å²) in [6.07, 6.45) is 11.6. The third-order valence-corrected chi connectivity index (χ3v) is 12.5. The van der Waals surface area contributed by atoms with E-state index in [1.165, 1.54) is 58.1 Å². The van der Waals surface area contributed by atoms with Gasteiger partial charge in [-0.3, -0.25) is 19.6 Å². The van der Waals surface area contributed by atoms with E-state index in [0.29, 0.717) is 46.1 Å². The fraction of sp³-hybridized carbons (Fsp3) is 0.318. The van der Waals surface area contributed by atoms with Crippen LogP contribution in [-0.4, -0.2) is 106 Å². The Morgan fingerprint density at radius 3 is 1.68 bits per heavy atom. The minimum atomic E-state index is -0.410. The molecule has 0 radical (unpaired) electrons. The lowest BCUT2D eigenvalue weighted by Crippen LogP contribution is -2.54. The Morgan fingerprint density at radius 2 is 1.15 bits per heavy atom. The molecule has 12 heterocycles. The second-order valence-corrected chi connectivity index (χ2v) is 16.1. The summed E-state index contributed by atoms with van der Waals surface area (Å²) in [4.78, 5) is 59.6. The molecule has 6 aliphatic rings. The number of H-pyrrole nitrogens is 4. The van der Waals surface area contributed by atoms with Crippen molar-refractivity contribution in [1.29, 1.82) is 0 Å². The molecule has 6 saturated heterocycles. The number of hydrogen-bond acceptors (Lipinski definition) is 11. The molecule has 0 amide bonds. The molecule has 15 heteroatoms. The molecule has 6 fully saturated rings. The Balaban J connectivity index is 0.000000121. The van der Waals surface area contributed by atoms with E-state index in [1.807, 2.05) is 54.6 Å². The lowest BCUT2D eigenvalue weighted by Gasteiger charge is -2.45. The summed E-state index contributed by atoms with van der Waals surface area (Å²) in [5.74, 6) is 2.33. The number of fused-ring (bicyclic) bond motifs is 10. The smallest absolute Gasteiger partial charge is 0.263 e. The van der Waals surface area contributed by atoms with Gasteiger partial charge in [0.1, 0.15) is 28.5 Å². The summed E-state index contributed by atoms with van der Waals surface area (Å²) in [5.41, 5.74) is 11.4. The number of aromatic hydroxyl groups is 1. The molecule has 6 aromatic heterocycles. The highest BCUT2D eigenvalue weighted by Crippen LogP contribution is 2.36. The predicted octanol–water partition coefficient (Wildman–Crippen LogP) is 5.18. The molecular weight excluding hydrogens is 745 g/mol. The van der Waals surface area contributed by atoms with Crippen molar-refractivity contribution in [3.63, 3.8) is 0 Å². The highest BCUT2D eigenvalue weighted by atomic mass is 16.3. The zero-order chi connectivity index (χ0) is 40.0. The minimum Gasteiger partial charge on any atom is -0.506 e. The van der Waals surface area contributed by atoms with E-state index in [9.17, 15) is 14.7 Å². The van der Waals surface area contributed by atoms with E-state index in [1.54, 1.807) is 24.7 Å².